The molecule has 0 spiro atoms. The Kier molecular flexibility index (Phi) is 7.03. The van der Waals surface area contributed by atoms with Crippen molar-refractivity contribution < 1.29 is 24.4 Å². The molecule has 0 atom stereocenters. The minimum Gasteiger partial charge on any atom is -0.478 e. The lowest BCUT2D eigenvalue weighted by Gasteiger charge is -2.08. The number of amides is 2. The van der Waals surface area contributed by atoms with Crippen molar-refractivity contribution in [3.05, 3.63) is 88.0 Å². The summed E-state index contributed by atoms with van der Waals surface area (Å²) < 4.78 is 1.44. The molecule has 0 fully saturated rings. The fourth-order valence-corrected chi connectivity index (χ4v) is 5.02. The number of carbonyl (C=O) groups is 3. The maximum Gasteiger partial charge on any atom is 0.336 e. The number of anilines is 2. The first-order chi connectivity index (χ1) is 16.8. The number of nitro groups is 1. The molecule has 0 bridgehead atoms. The molecule has 0 unspecified atom stereocenters. The van der Waals surface area contributed by atoms with Crippen LogP contribution in [0.15, 0.2) is 71.1 Å². The van der Waals surface area contributed by atoms with E-state index in [1.54, 1.807) is 30.3 Å². The van der Waals surface area contributed by atoms with E-state index in [1.807, 2.05) is 18.2 Å². The first kappa shape index (κ1) is 23.9. The third-order valence-electron chi connectivity index (χ3n) is 4.70. The number of carboxylic acid groups (broad SMARTS) is 1. The summed E-state index contributed by atoms with van der Waals surface area (Å²) in [5.41, 5.74) is 0.699. The van der Waals surface area contributed by atoms with Crippen LogP contribution in [0.2, 0.25) is 0 Å². The second-order valence-corrected chi connectivity index (χ2v) is 9.36. The number of aromatic nitrogens is 1. The number of hydrogen-bond acceptors (Lipinski definition) is 8. The Hall–Kier alpha value is -4.29. The zero-order valence-corrected chi connectivity index (χ0v) is 19.4. The van der Waals surface area contributed by atoms with E-state index in [1.165, 1.54) is 23.1 Å². The maximum atomic E-state index is 12.7. The van der Waals surface area contributed by atoms with E-state index in [2.05, 4.69) is 15.6 Å². The fraction of sp³-hybridized carbons (Fsp3) is 0.0435. The number of hydrogen-bond donors (Lipinski definition) is 3. The second-order valence-electron chi connectivity index (χ2n) is 7.11. The van der Waals surface area contributed by atoms with Crippen LogP contribution in [0.25, 0.3) is 10.2 Å². The van der Waals surface area contributed by atoms with Crippen LogP contribution in [0.4, 0.5) is 17.1 Å². The second kappa shape index (κ2) is 10.3. The third kappa shape index (κ3) is 5.80. The molecule has 2 amide bonds. The Bertz CT molecular complexity index is 1460. The Morgan fingerprint density at radius 3 is 2.46 bits per heavy atom. The van der Waals surface area contributed by atoms with E-state index in [-0.39, 0.29) is 17.2 Å². The summed E-state index contributed by atoms with van der Waals surface area (Å²) in [7, 11) is 0. The Labute approximate surface area is 206 Å². The van der Waals surface area contributed by atoms with Crippen LogP contribution >= 0.6 is 23.1 Å². The molecule has 35 heavy (non-hydrogen) atoms. The van der Waals surface area contributed by atoms with Crippen LogP contribution in [0.3, 0.4) is 0 Å². The van der Waals surface area contributed by atoms with Crippen LogP contribution in [0.5, 0.6) is 0 Å². The van der Waals surface area contributed by atoms with Crippen LogP contribution < -0.4 is 10.6 Å². The van der Waals surface area contributed by atoms with E-state index in [9.17, 15) is 29.6 Å². The number of fused-ring (bicyclic) bond motifs is 1. The average molecular weight is 509 g/mol. The molecule has 0 aliphatic rings. The molecule has 0 saturated heterocycles. The molecule has 12 heteroatoms. The van der Waals surface area contributed by atoms with Gasteiger partial charge >= 0.3 is 5.97 Å². The van der Waals surface area contributed by atoms with Gasteiger partial charge in [-0.15, -0.1) is 11.3 Å². The molecule has 176 valence electrons. The van der Waals surface area contributed by atoms with E-state index in [0.717, 1.165) is 22.9 Å². The maximum absolute atomic E-state index is 12.7. The van der Waals surface area contributed by atoms with Crippen molar-refractivity contribution in [1.29, 1.82) is 0 Å². The lowest BCUT2D eigenvalue weighted by atomic mass is 10.1. The number of para-hydroxylation sites is 1. The topological polar surface area (TPSA) is 152 Å². The summed E-state index contributed by atoms with van der Waals surface area (Å²) in [5, 5.41) is 25.7. The van der Waals surface area contributed by atoms with Gasteiger partial charge < -0.3 is 15.7 Å². The molecule has 3 aromatic carbocycles. The number of benzene rings is 3. The zero-order chi connectivity index (χ0) is 24.9. The molecule has 4 aromatic rings. The number of nitro benzene ring substituents is 1. The Morgan fingerprint density at radius 1 is 0.971 bits per heavy atom. The monoisotopic (exact) mass is 508 g/mol. The highest BCUT2D eigenvalue weighted by Gasteiger charge is 2.21. The summed E-state index contributed by atoms with van der Waals surface area (Å²) >= 11 is 2.63. The molecule has 0 saturated carbocycles. The van der Waals surface area contributed by atoms with Gasteiger partial charge in [0.25, 0.3) is 11.6 Å². The number of non-ortho nitro benzene ring substituents is 1. The van der Waals surface area contributed by atoms with Crippen molar-refractivity contribution in [3.63, 3.8) is 0 Å². The number of nitrogens with zero attached hydrogens (tertiary/aromatic N) is 2. The molecule has 10 nitrogen and oxygen atoms in total. The first-order valence-corrected chi connectivity index (χ1v) is 11.8. The lowest BCUT2D eigenvalue weighted by Crippen LogP contribution is -2.16. The summed E-state index contributed by atoms with van der Waals surface area (Å²) in [5.74, 6) is -2.15. The average Bonchev–Trinajstić information content (AvgIpc) is 3.25. The van der Waals surface area contributed by atoms with Crippen LogP contribution in [0.1, 0.15) is 20.7 Å². The smallest absolute Gasteiger partial charge is 0.336 e. The number of aromatic carboxylic acids is 1. The highest BCUT2D eigenvalue weighted by molar-refractivity contribution is 8.01. The summed E-state index contributed by atoms with van der Waals surface area (Å²) in [6.07, 6.45) is 0. The lowest BCUT2D eigenvalue weighted by molar-refractivity contribution is -0.384. The van der Waals surface area contributed by atoms with Crippen LogP contribution in [-0.2, 0) is 4.79 Å². The van der Waals surface area contributed by atoms with Crippen molar-refractivity contribution in [2.75, 3.05) is 16.4 Å². The molecule has 4 rings (SSSR count). The molecule has 3 N–H and O–H groups in total. The minimum atomic E-state index is -1.45. The molecule has 0 aliphatic heterocycles. The SMILES string of the molecule is O=C(CSc1nc2ccc(NC(=O)c3ccc([N+](=O)[O-])cc3C(=O)O)cc2s1)Nc1ccccc1. The number of carbonyl (C=O) groups excluding carboxylic acids is 2. The highest BCUT2D eigenvalue weighted by atomic mass is 32.2. The standard InChI is InChI=1S/C23H16N4O6S2/c28-20(24-13-4-2-1-3-5-13)12-34-23-26-18-9-6-14(10-19(18)35-23)25-21(29)16-8-7-15(27(32)33)11-17(16)22(30)31/h1-11H,12H2,(H,24,28)(H,25,29)(H,30,31). The quantitative estimate of drug-likeness (QED) is 0.173. The van der Waals surface area contributed by atoms with Crippen molar-refractivity contribution in [1.82, 2.24) is 4.98 Å². The molecule has 1 aromatic heterocycles. The number of nitrogens with one attached hydrogen (secondary N) is 2. The number of rotatable bonds is 8. The number of thioether (sulfide) groups is 1. The Balaban J connectivity index is 1.45. The summed E-state index contributed by atoms with van der Waals surface area (Å²) in [4.78, 5) is 51.0. The van der Waals surface area contributed by atoms with Gasteiger partial charge in [0, 0.05) is 23.5 Å². The van der Waals surface area contributed by atoms with Gasteiger partial charge in [0.15, 0.2) is 4.34 Å². The highest BCUT2D eigenvalue weighted by Crippen LogP contribution is 2.31. The summed E-state index contributed by atoms with van der Waals surface area (Å²) in [6, 6.07) is 17.1. The molecule has 0 radical (unpaired) electrons. The number of carboxylic acids is 1. The van der Waals surface area contributed by atoms with E-state index in [0.29, 0.717) is 21.2 Å². The molecule has 0 aliphatic carbocycles. The van der Waals surface area contributed by atoms with Crippen molar-refractivity contribution >= 4 is 68.2 Å². The molecule has 1 heterocycles. The molecular weight excluding hydrogens is 492 g/mol. The van der Waals surface area contributed by atoms with Crippen molar-refractivity contribution in [2.24, 2.45) is 0 Å². The van der Waals surface area contributed by atoms with Crippen LogP contribution in [0, 0.1) is 10.1 Å². The predicted molar refractivity (Wildman–Crippen MR) is 133 cm³/mol. The zero-order valence-electron chi connectivity index (χ0n) is 17.8. The van der Waals surface area contributed by atoms with Gasteiger partial charge in [-0.2, -0.15) is 0 Å². The van der Waals surface area contributed by atoms with E-state index < -0.39 is 28.1 Å². The van der Waals surface area contributed by atoms with E-state index >= 15 is 0 Å². The van der Waals surface area contributed by atoms with Crippen molar-refractivity contribution in [2.45, 2.75) is 4.34 Å². The van der Waals surface area contributed by atoms with Crippen molar-refractivity contribution in [3.8, 4) is 0 Å². The van der Waals surface area contributed by atoms with Gasteiger partial charge in [0.05, 0.1) is 32.0 Å². The van der Waals surface area contributed by atoms with Gasteiger partial charge in [-0.25, -0.2) is 9.78 Å². The van der Waals surface area contributed by atoms with Crippen LogP contribution in [-0.4, -0.2) is 38.6 Å². The van der Waals surface area contributed by atoms with E-state index in [4.69, 9.17) is 0 Å². The predicted octanol–water partition coefficient (Wildman–Crippen LogP) is 4.89. The largest absolute Gasteiger partial charge is 0.478 e. The molecular formula is C23H16N4O6S2. The van der Waals surface area contributed by atoms with Gasteiger partial charge in [-0.1, -0.05) is 30.0 Å². The first-order valence-electron chi connectivity index (χ1n) is 10.0. The van der Waals surface area contributed by atoms with Gasteiger partial charge in [-0.05, 0) is 36.4 Å². The number of thiazole rings is 1. The Morgan fingerprint density at radius 2 is 1.74 bits per heavy atom. The van der Waals surface area contributed by atoms with Gasteiger partial charge in [0.1, 0.15) is 0 Å². The fourth-order valence-electron chi connectivity index (χ4n) is 3.11. The normalized spacial score (nSPS) is 10.6. The minimum absolute atomic E-state index is 0.161. The van der Waals surface area contributed by atoms with Gasteiger partial charge in [0.2, 0.25) is 5.91 Å². The summed E-state index contributed by atoms with van der Waals surface area (Å²) in [6.45, 7) is 0. The third-order valence-corrected chi connectivity index (χ3v) is 6.86. The van der Waals surface area contributed by atoms with Gasteiger partial charge in [-0.3, -0.25) is 19.7 Å².